The number of piperazine rings is 1. The van der Waals surface area contributed by atoms with Gasteiger partial charge in [0, 0.05) is 76.7 Å². The Morgan fingerprint density at radius 3 is 1.76 bits per heavy atom. The third-order valence-electron chi connectivity index (χ3n) is 8.17. The predicted octanol–water partition coefficient (Wildman–Crippen LogP) is 6.26. The van der Waals surface area contributed by atoms with Crippen molar-refractivity contribution in [1.82, 2.24) is 19.6 Å². The van der Waals surface area contributed by atoms with E-state index in [1.54, 1.807) is 36.3 Å². The summed E-state index contributed by atoms with van der Waals surface area (Å²) >= 11 is 0. The third kappa shape index (κ3) is 9.99. The van der Waals surface area contributed by atoms with Crippen LogP contribution in [0.3, 0.4) is 0 Å². The zero-order chi connectivity index (χ0) is 31.1. The number of nitrogens with one attached hydrogen (secondary N) is 1. The summed E-state index contributed by atoms with van der Waals surface area (Å²) < 4.78 is 43.8. The van der Waals surface area contributed by atoms with E-state index in [2.05, 4.69) is 27.2 Å². The summed E-state index contributed by atoms with van der Waals surface area (Å²) in [7, 11) is 1.65. The van der Waals surface area contributed by atoms with Crippen molar-refractivity contribution in [3.8, 4) is 5.75 Å². The quantitative estimate of drug-likeness (QED) is 0.319. The number of alkyl halides is 3. The Kier molecular flexibility index (Phi) is 13.6. The van der Waals surface area contributed by atoms with Gasteiger partial charge in [-0.05, 0) is 66.1 Å². The normalized spacial score (nSPS) is 16.1. The van der Waals surface area contributed by atoms with Crippen LogP contribution in [0.15, 0.2) is 72.8 Å². The first-order chi connectivity index (χ1) is 21.2. The van der Waals surface area contributed by atoms with Gasteiger partial charge in [0.1, 0.15) is 5.75 Å². The van der Waals surface area contributed by atoms with E-state index in [9.17, 15) is 22.8 Å². The highest BCUT2D eigenvalue weighted by Crippen LogP contribution is 2.29. The van der Waals surface area contributed by atoms with E-state index in [1.165, 1.54) is 17.7 Å². The average Bonchev–Trinajstić information content (AvgIpc) is 3.27. The van der Waals surface area contributed by atoms with Gasteiger partial charge in [0.15, 0.2) is 0 Å². The molecule has 13 heteroatoms. The molecule has 3 aromatic rings. The van der Waals surface area contributed by atoms with Crippen LogP contribution in [0.5, 0.6) is 5.75 Å². The summed E-state index contributed by atoms with van der Waals surface area (Å²) in [6.07, 6.45) is -3.57. The van der Waals surface area contributed by atoms with E-state index in [1.807, 2.05) is 17.0 Å². The molecule has 0 unspecified atom stereocenters. The van der Waals surface area contributed by atoms with Crippen molar-refractivity contribution in [2.45, 2.75) is 25.7 Å². The van der Waals surface area contributed by atoms with Crippen LogP contribution in [0.4, 0.5) is 23.7 Å². The molecule has 250 valence electrons. The zero-order valence-corrected chi connectivity index (χ0v) is 27.3. The fraction of sp³-hybridized carbons (Fsp3) is 0.394. The summed E-state index contributed by atoms with van der Waals surface area (Å²) in [5, 5.41) is 2.95. The van der Waals surface area contributed by atoms with Crippen LogP contribution < -0.4 is 10.1 Å². The van der Waals surface area contributed by atoms with Crippen molar-refractivity contribution in [2.24, 2.45) is 0 Å². The van der Waals surface area contributed by atoms with Crippen molar-refractivity contribution in [1.29, 1.82) is 0 Å². The Morgan fingerprint density at radius 2 is 1.22 bits per heavy atom. The van der Waals surface area contributed by atoms with Gasteiger partial charge in [0.25, 0.3) is 5.91 Å². The molecular weight excluding hydrogens is 642 g/mol. The summed E-state index contributed by atoms with van der Waals surface area (Å²) in [5.41, 5.74) is 2.54. The number of nitrogens with zero attached hydrogens (tertiary/aromatic N) is 4. The lowest BCUT2D eigenvalue weighted by molar-refractivity contribution is -0.137. The molecule has 5 rings (SSSR count). The van der Waals surface area contributed by atoms with Gasteiger partial charge in [0.05, 0.1) is 12.7 Å². The second-order valence-electron chi connectivity index (χ2n) is 11.2. The number of ether oxygens (including phenoxy) is 1. The highest BCUT2D eigenvalue weighted by molar-refractivity contribution is 5.95. The molecule has 2 heterocycles. The number of hydrogen-bond donors (Lipinski definition) is 1. The van der Waals surface area contributed by atoms with Gasteiger partial charge in [-0.3, -0.25) is 14.6 Å². The van der Waals surface area contributed by atoms with Gasteiger partial charge in [-0.1, -0.05) is 24.3 Å². The Morgan fingerprint density at radius 1 is 0.696 bits per heavy atom. The first kappa shape index (κ1) is 37.0. The van der Waals surface area contributed by atoms with Gasteiger partial charge >= 0.3 is 12.2 Å². The molecule has 46 heavy (non-hydrogen) atoms. The Balaban J connectivity index is 0.00000288. The second-order valence-corrected chi connectivity index (χ2v) is 11.2. The lowest BCUT2D eigenvalue weighted by Crippen LogP contribution is -2.49. The highest BCUT2D eigenvalue weighted by atomic mass is 35.5. The van der Waals surface area contributed by atoms with E-state index in [0.29, 0.717) is 50.5 Å². The molecule has 2 aliphatic heterocycles. The highest BCUT2D eigenvalue weighted by Gasteiger charge is 2.30. The maximum atomic E-state index is 13.2. The number of carbonyl (C=O) groups is 2. The van der Waals surface area contributed by atoms with Gasteiger partial charge in [-0.15, -0.1) is 24.8 Å². The maximum Gasteiger partial charge on any atom is 0.416 e. The summed E-state index contributed by atoms with van der Waals surface area (Å²) in [5.74, 6) is 0.755. The van der Waals surface area contributed by atoms with Crippen molar-refractivity contribution < 1.29 is 27.5 Å². The van der Waals surface area contributed by atoms with Crippen LogP contribution in [0.25, 0.3) is 0 Å². The largest absolute Gasteiger partial charge is 0.497 e. The molecule has 8 nitrogen and oxygen atoms in total. The van der Waals surface area contributed by atoms with Crippen LogP contribution >= 0.6 is 24.8 Å². The van der Waals surface area contributed by atoms with Crippen LogP contribution in [0.1, 0.15) is 33.5 Å². The van der Waals surface area contributed by atoms with Gasteiger partial charge in [-0.2, -0.15) is 13.2 Å². The van der Waals surface area contributed by atoms with Gasteiger partial charge < -0.3 is 19.9 Å². The first-order valence-electron chi connectivity index (χ1n) is 14.9. The Labute approximate surface area is 280 Å². The topological polar surface area (TPSA) is 68.4 Å². The minimum Gasteiger partial charge on any atom is -0.497 e. The molecule has 2 fully saturated rings. The molecular formula is C33H40Cl2F3N5O3. The minimum atomic E-state index is -4.35. The molecule has 0 aromatic heterocycles. The number of urea groups is 1. The third-order valence-corrected chi connectivity index (χ3v) is 8.17. The number of halogens is 5. The lowest BCUT2D eigenvalue weighted by atomic mass is 10.1. The standard InChI is InChI=1S/C33H38F3N5O3.2ClH/c1-44-30-13-5-26(6-14-30)24-39-18-21-41(22-19-39)32(43)37-29-11-7-27(8-12-29)31(42)40-16-2-15-38(17-20-40)23-25-3-9-28(10-4-25)33(34,35)36;;/h3-14H,2,15-24H2,1H3,(H,37,43);2*1H. The Bertz CT molecular complexity index is 1400. The number of anilines is 1. The van der Waals surface area contributed by atoms with Crippen molar-refractivity contribution in [2.75, 3.05) is 64.8 Å². The fourth-order valence-electron chi connectivity index (χ4n) is 5.57. The second kappa shape index (κ2) is 16.9. The molecule has 2 saturated heterocycles. The number of amides is 3. The number of rotatable bonds is 7. The smallest absolute Gasteiger partial charge is 0.416 e. The summed E-state index contributed by atoms with van der Waals surface area (Å²) in [6, 6.07) is 20.1. The van der Waals surface area contributed by atoms with Crippen LogP contribution in [0.2, 0.25) is 0 Å². The van der Waals surface area contributed by atoms with E-state index in [0.717, 1.165) is 56.0 Å². The molecule has 0 radical (unpaired) electrons. The molecule has 0 spiro atoms. The average molecular weight is 683 g/mol. The summed E-state index contributed by atoms with van der Waals surface area (Å²) in [6.45, 7) is 6.70. The monoisotopic (exact) mass is 681 g/mol. The maximum absolute atomic E-state index is 13.2. The van der Waals surface area contributed by atoms with Crippen LogP contribution in [-0.4, -0.2) is 91.0 Å². The van der Waals surface area contributed by atoms with Crippen molar-refractivity contribution in [3.05, 3.63) is 95.1 Å². The SMILES string of the molecule is COc1ccc(CN2CCN(C(=O)Nc3ccc(C(=O)N4CCCN(Cc5ccc(C(F)(F)F)cc5)CC4)cc3)CC2)cc1.Cl.Cl. The first-order valence-corrected chi connectivity index (χ1v) is 14.9. The van der Waals surface area contributed by atoms with Gasteiger partial charge in [0.2, 0.25) is 0 Å². The minimum absolute atomic E-state index is 0. The number of benzene rings is 3. The van der Waals surface area contributed by atoms with E-state index < -0.39 is 11.7 Å². The predicted molar refractivity (Wildman–Crippen MR) is 177 cm³/mol. The van der Waals surface area contributed by atoms with E-state index in [-0.39, 0.29) is 36.8 Å². The molecule has 3 amide bonds. The molecule has 3 aromatic carbocycles. The molecule has 1 N–H and O–H groups in total. The van der Waals surface area contributed by atoms with Crippen molar-refractivity contribution >= 4 is 42.4 Å². The fourth-order valence-corrected chi connectivity index (χ4v) is 5.57. The van der Waals surface area contributed by atoms with E-state index in [4.69, 9.17) is 4.74 Å². The van der Waals surface area contributed by atoms with Crippen LogP contribution in [0, 0.1) is 0 Å². The Hall–Kier alpha value is -3.51. The number of hydrogen-bond acceptors (Lipinski definition) is 5. The van der Waals surface area contributed by atoms with Crippen LogP contribution in [-0.2, 0) is 19.3 Å². The summed E-state index contributed by atoms with van der Waals surface area (Å²) in [4.78, 5) is 34.2. The van der Waals surface area contributed by atoms with E-state index >= 15 is 0 Å². The molecule has 2 aliphatic rings. The number of methoxy groups -OCH3 is 1. The molecule has 0 aliphatic carbocycles. The molecule has 0 atom stereocenters. The van der Waals surface area contributed by atoms with Crippen molar-refractivity contribution in [3.63, 3.8) is 0 Å². The van der Waals surface area contributed by atoms with Gasteiger partial charge in [-0.25, -0.2) is 4.79 Å². The number of carbonyl (C=O) groups excluding carboxylic acids is 2. The molecule has 0 bridgehead atoms. The zero-order valence-electron chi connectivity index (χ0n) is 25.7. The molecule has 0 saturated carbocycles. The lowest BCUT2D eigenvalue weighted by Gasteiger charge is -2.34.